The Bertz CT molecular complexity index is 750. The van der Waals surface area contributed by atoms with Crippen LogP contribution < -0.4 is 4.18 Å². The molecule has 1 aromatic heterocycles. The second-order valence-electron chi connectivity index (χ2n) is 6.12. The third-order valence-electron chi connectivity index (χ3n) is 3.76. The summed E-state index contributed by atoms with van der Waals surface area (Å²) in [4.78, 5) is 3.10. The first kappa shape index (κ1) is 16.8. The molecule has 1 heterocycles. The lowest BCUT2D eigenvalue weighted by Crippen LogP contribution is -2.41. The van der Waals surface area contributed by atoms with Gasteiger partial charge >= 0.3 is 0 Å². The van der Waals surface area contributed by atoms with Crippen LogP contribution in [0, 0.1) is 0 Å². The number of fused-ring (bicyclic) bond motifs is 1. The summed E-state index contributed by atoms with van der Waals surface area (Å²) < 4.78 is 38.1. The zero-order valence-corrected chi connectivity index (χ0v) is 13.9. The highest BCUT2D eigenvalue weighted by atomic mass is 32.3. The van der Waals surface area contributed by atoms with Crippen LogP contribution in [0.15, 0.2) is 24.4 Å². The lowest BCUT2D eigenvalue weighted by Gasteiger charge is -2.29. The molecule has 6 nitrogen and oxygen atoms in total. The average molecular weight is 326 g/mol. The summed E-state index contributed by atoms with van der Waals surface area (Å²) in [5, 5.41) is 0.665. The van der Waals surface area contributed by atoms with Crippen LogP contribution in [0.3, 0.4) is 0 Å². The molecule has 0 saturated carbocycles. The molecule has 22 heavy (non-hydrogen) atoms. The van der Waals surface area contributed by atoms with Gasteiger partial charge in [-0.15, -0.1) is 0 Å². The third kappa shape index (κ3) is 4.22. The molecule has 0 saturated heterocycles. The molecule has 2 rings (SSSR count). The fraction of sp³-hybridized carbons (Fsp3) is 0.467. The van der Waals surface area contributed by atoms with Gasteiger partial charge in [-0.2, -0.15) is 0 Å². The number of rotatable bonds is 7. The van der Waals surface area contributed by atoms with Crippen molar-refractivity contribution in [3.8, 4) is 5.75 Å². The summed E-state index contributed by atoms with van der Waals surface area (Å²) in [5.74, 6) is 0.0875. The topological polar surface area (TPSA) is 82.2 Å². The normalized spacial score (nSPS) is 12.7. The summed E-state index contributed by atoms with van der Waals surface area (Å²) in [6, 6.07) is 4.98. The lowest BCUT2D eigenvalue weighted by molar-refractivity contribution is -0.890. The number of aromatic amines is 1. The fourth-order valence-corrected chi connectivity index (χ4v) is 3.10. The van der Waals surface area contributed by atoms with Gasteiger partial charge in [0, 0.05) is 23.5 Å². The van der Waals surface area contributed by atoms with Crippen molar-refractivity contribution in [1.29, 1.82) is 0 Å². The van der Waals surface area contributed by atoms with Crippen molar-refractivity contribution >= 4 is 21.3 Å². The fourth-order valence-electron chi connectivity index (χ4n) is 2.74. The van der Waals surface area contributed by atoms with E-state index < -0.39 is 10.4 Å². The Morgan fingerprint density at radius 1 is 1.27 bits per heavy atom. The summed E-state index contributed by atoms with van der Waals surface area (Å²) in [6.07, 6.45) is 3.72. The quantitative estimate of drug-likeness (QED) is 0.479. The number of hydrogen-bond donors (Lipinski definition) is 1. The van der Waals surface area contributed by atoms with Crippen LogP contribution in [0.25, 0.3) is 10.9 Å². The number of nitrogens with one attached hydrogen (secondary N) is 1. The van der Waals surface area contributed by atoms with Crippen LogP contribution >= 0.6 is 0 Å². The number of likely N-dealkylation sites (N-methyl/N-ethyl adjacent to an activating group) is 1. The molecule has 1 N–H and O–H groups in total. The Morgan fingerprint density at radius 2 is 2.00 bits per heavy atom. The van der Waals surface area contributed by atoms with Gasteiger partial charge in [0.25, 0.3) is 10.4 Å². The molecule has 1 aromatic carbocycles. The molecular weight excluding hydrogens is 304 g/mol. The van der Waals surface area contributed by atoms with Crippen LogP contribution in [0.1, 0.15) is 18.9 Å². The minimum Gasteiger partial charge on any atom is -0.716 e. The smallest absolute Gasteiger partial charge is 0.262 e. The van der Waals surface area contributed by atoms with Crippen molar-refractivity contribution in [3.63, 3.8) is 0 Å². The van der Waals surface area contributed by atoms with Gasteiger partial charge in [-0.05, 0) is 24.1 Å². The number of H-pyrrole nitrogens is 1. The first-order valence-electron chi connectivity index (χ1n) is 7.28. The van der Waals surface area contributed by atoms with Gasteiger partial charge in [0.2, 0.25) is 0 Å². The standard InChI is InChI=1S/C15H22N2O4S/c1-4-9-17(2,3)10-8-12-11-16-13-6-5-7-14(15(12)13)21-22(18,19)20/h5-7,11,16H,4,8-10H2,1-3H3. The number of nitrogens with zero attached hydrogens (tertiary/aromatic N) is 1. The molecule has 2 aromatic rings. The minimum atomic E-state index is -4.78. The van der Waals surface area contributed by atoms with Crippen LogP contribution in [0.4, 0.5) is 0 Å². The van der Waals surface area contributed by atoms with Crippen molar-refractivity contribution in [2.75, 3.05) is 27.2 Å². The molecular formula is C15H22N2O4S. The second-order valence-corrected chi connectivity index (χ2v) is 7.10. The SMILES string of the molecule is CCC[N+](C)(C)CCc1c[nH]c2cccc(OS(=O)(=O)[O-])c12. The zero-order valence-electron chi connectivity index (χ0n) is 13.1. The van der Waals surface area contributed by atoms with Crippen molar-refractivity contribution in [2.24, 2.45) is 0 Å². The zero-order chi connectivity index (χ0) is 16.4. The van der Waals surface area contributed by atoms with Crippen LogP contribution in [-0.2, 0) is 16.8 Å². The number of quaternary nitrogens is 1. The highest BCUT2D eigenvalue weighted by molar-refractivity contribution is 7.81. The Morgan fingerprint density at radius 3 is 2.64 bits per heavy atom. The Kier molecular flexibility index (Phi) is 4.79. The van der Waals surface area contributed by atoms with E-state index in [0.717, 1.165) is 41.5 Å². The maximum Gasteiger partial charge on any atom is 0.262 e. The monoisotopic (exact) mass is 326 g/mol. The number of benzene rings is 1. The Hall–Kier alpha value is -1.57. The van der Waals surface area contributed by atoms with Gasteiger partial charge in [0.1, 0.15) is 0 Å². The van der Waals surface area contributed by atoms with Crippen molar-refractivity contribution in [3.05, 3.63) is 30.0 Å². The van der Waals surface area contributed by atoms with Gasteiger partial charge in [0.05, 0.1) is 27.2 Å². The van der Waals surface area contributed by atoms with Gasteiger partial charge in [-0.3, -0.25) is 0 Å². The van der Waals surface area contributed by atoms with Gasteiger partial charge in [-0.25, -0.2) is 8.42 Å². The molecule has 0 aliphatic heterocycles. The average Bonchev–Trinajstić information content (AvgIpc) is 2.79. The van der Waals surface area contributed by atoms with Crippen molar-refractivity contribution < 1.29 is 21.6 Å². The molecule has 0 atom stereocenters. The molecule has 0 bridgehead atoms. The molecule has 0 aliphatic carbocycles. The van der Waals surface area contributed by atoms with E-state index in [0.29, 0.717) is 5.39 Å². The first-order valence-corrected chi connectivity index (χ1v) is 8.61. The molecule has 0 aliphatic rings. The van der Waals surface area contributed by atoms with Crippen LogP contribution in [-0.4, -0.2) is 49.6 Å². The largest absolute Gasteiger partial charge is 0.716 e. The molecule has 0 amide bonds. The number of aromatic nitrogens is 1. The van der Waals surface area contributed by atoms with Crippen LogP contribution in [0.2, 0.25) is 0 Å². The molecule has 122 valence electrons. The van der Waals surface area contributed by atoms with E-state index in [2.05, 4.69) is 30.2 Å². The maximum absolute atomic E-state index is 10.9. The van der Waals surface area contributed by atoms with Crippen molar-refractivity contribution in [1.82, 2.24) is 4.98 Å². The van der Waals surface area contributed by atoms with Crippen molar-refractivity contribution in [2.45, 2.75) is 19.8 Å². The van der Waals surface area contributed by atoms with E-state index in [-0.39, 0.29) is 5.75 Å². The third-order valence-corrected chi connectivity index (χ3v) is 4.14. The molecule has 0 unspecified atom stereocenters. The van der Waals surface area contributed by atoms with E-state index >= 15 is 0 Å². The molecule has 0 spiro atoms. The molecule has 0 radical (unpaired) electrons. The van der Waals surface area contributed by atoms with Crippen LogP contribution in [0.5, 0.6) is 5.75 Å². The highest BCUT2D eigenvalue weighted by Gasteiger charge is 2.17. The molecule has 7 heteroatoms. The van der Waals surface area contributed by atoms with E-state index in [9.17, 15) is 13.0 Å². The van der Waals surface area contributed by atoms with Gasteiger partial charge < -0.3 is 18.2 Å². The highest BCUT2D eigenvalue weighted by Crippen LogP contribution is 2.30. The Balaban J connectivity index is 2.31. The van der Waals surface area contributed by atoms with Gasteiger partial charge in [0.15, 0.2) is 5.75 Å². The number of hydrogen-bond acceptors (Lipinski definition) is 4. The maximum atomic E-state index is 10.9. The van der Waals surface area contributed by atoms with E-state index in [1.807, 2.05) is 12.3 Å². The summed E-state index contributed by atoms with van der Waals surface area (Å²) in [5.41, 5.74) is 1.72. The van der Waals surface area contributed by atoms with E-state index in [4.69, 9.17) is 0 Å². The lowest BCUT2D eigenvalue weighted by atomic mass is 10.1. The molecule has 0 fully saturated rings. The van der Waals surface area contributed by atoms with E-state index in [1.54, 1.807) is 6.07 Å². The Labute approximate surface area is 131 Å². The van der Waals surface area contributed by atoms with E-state index in [1.165, 1.54) is 6.07 Å². The minimum absolute atomic E-state index is 0.0875. The predicted octanol–water partition coefficient (Wildman–Crippen LogP) is 2.04. The summed E-state index contributed by atoms with van der Waals surface area (Å²) >= 11 is 0. The predicted molar refractivity (Wildman–Crippen MR) is 84.5 cm³/mol. The summed E-state index contributed by atoms with van der Waals surface area (Å²) in [7, 11) is -0.454. The second kappa shape index (κ2) is 6.28. The first-order chi connectivity index (χ1) is 10.2. The van der Waals surface area contributed by atoms with Gasteiger partial charge in [-0.1, -0.05) is 13.0 Å². The summed E-state index contributed by atoms with van der Waals surface area (Å²) in [6.45, 7) is 4.14.